The lowest BCUT2D eigenvalue weighted by Crippen LogP contribution is -2.00. The van der Waals surface area contributed by atoms with E-state index in [4.69, 9.17) is 4.74 Å². The van der Waals surface area contributed by atoms with Crippen molar-refractivity contribution in [1.82, 2.24) is 0 Å². The molecule has 0 atom stereocenters. The molecule has 2 rings (SSSR count). The summed E-state index contributed by atoms with van der Waals surface area (Å²) in [5.41, 5.74) is 4.75. The van der Waals surface area contributed by atoms with Gasteiger partial charge in [-0.1, -0.05) is 23.8 Å². The Morgan fingerprint density at radius 2 is 1.73 bits per heavy atom. The molecule has 0 saturated heterocycles. The molecule has 0 aliphatic carbocycles. The number of nitrogens with one attached hydrogen (secondary N) is 1. The lowest BCUT2D eigenvalue weighted by molar-refractivity contribution is 0.104. The highest BCUT2D eigenvalue weighted by Gasteiger charge is 2.06. The molecule has 1 N–H and O–H groups in total. The van der Waals surface area contributed by atoms with Gasteiger partial charge in [-0.3, -0.25) is 4.79 Å². The maximum absolute atomic E-state index is 12.3. The van der Waals surface area contributed by atoms with Gasteiger partial charge in [-0.2, -0.15) is 0 Å². The first-order chi connectivity index (χ1) is 10.5. The number of hydrogen-bond acceptors (Lipinski definition) is 3. The lowest BCUT2D eigenvalue weighted by Gasteiger charge is -2.09. The molecule has 2 aromatic rings. The molecule has 0 spiro atoms. The summed E-state index contributed by atoms with van der Waals surface area (Å²) in [6.07, 6.45) is 3.20. The van der Waals surface area contributed by atoms with Crippen molar-refractivity contribution < 1.29 is 9.53 Å². The van der Waals surface area contributed by atoms with Crippen molar-refractivity contribution in [3.63, 3.8) is 0 Å². The third-order valence-corrected chi connectivity index (χ3v) is 3.49. The van der Waals surface area contributed by atoms with Crippen molar-refractivity contribution in [2.24, 2.45) is 0 Å². The third kappa shape index (κ3) is 3.76. The van der Waals surface area contributed by atoms with Crippen LogP contribution >= 0.6 is 0 Å². The molecule has 0 aliphatic heterocycles. The van der Waals surface area contributed by atoms with Gasteiger partial charge < -0.3 is 10.1 Å². The van der Waals surface area contributed by atoms with Crippen LogP contribution in [-0.2, 0) is 0 Å². The fourth-order valence-corrected chi connectivity index (χ4v) is 2.23. The van der Waals surface area contributed by atoms with E-state index in [-0.39, 0.29) is 5.78 Å². The summed E-state index contributed by atoms with van der Waals surface area (Å²) in [6, 6.07) is 11.7. The SMILES string of the molecule is COc1ccc(C)cc1NC=CC(=O)c1cc(C)ccc1C. The fraction of sp³-hybridized carbons (Fsp3) is 0.211. The van der Waals surface area contributed by atoms with Crippen LogP contribution < -0.4 is 10.1 Å². The van der Waals surface area contributed by atoms with Gasteiger partial charge >= 0.3 is 0 Å². The van der Waals surface area contributed by atoms with Gasteiger partial charge in [0.15, 0.2) is 5.78 Å². The topological polar surface area (TPSA) is 38.3 Å². The first-order valence-electron chi connectivity index (χ1n) is 7.20. The standard InChI is InChI=1S/C19H21NO2/c1-13-5-7-15(3)16(11-13)18(21)9-10-20-17-12-14(2)6-8-19(17)22-4/h5-12,20H,1-4H3. The van der Waals surface area contributed by atoms with Crippen LogP contribution in [0.4, 0.5) is 5.69 Å². The number of carbonyl (C=O) groups is 1. The molecule has 0 amide bonds. The normalized spacial score (nSPS) is 10.7. The molecule has 114 valence electrons. The molecule has 0 saturated carbocycles. The first kappa shape index (κ1) is 15.8. The van der Waals surface area contributed by atoms with Crippen LogP contribution in [0, 0.1) is 20.8 Å². The number of ketones is 1. The largest absolute Gasteiger partial charge is 0.495 e. The van der Waals surface area contributed by atoms with E-state index in [0.717, 1.165) is 33.7 Å². The number of methoxy groups -OCH3 is 1. The second-order valence-electron chi connectivity index (χ2n) is 5.36. The molecule has 3 heteroatoms. The molecule has 0 radical (unpaired) electrons. The van der Waals surface area contributed by atoms with Crippen molar-refractivity contribution >= 4 is 11.5 Å². The second-order valence-corrected chi connectivity index (χ2v) is 5.36. The van der Waals surface area contributed by atoms with Crippen molar-refractivity contribution in [3.8, 4) is 5.75 Å². The fourth-order valence-electron chi connectivity index (χ4n) is 2.23. The highest BCUT2D eigenvalue weighted by atomic mass is 16.5. The Bertz CT molecular complexity index is 717. The summed E-state index contributed by atoms with van der Waals surface area (Å²) in [4.78, 5) is 12.3. The highest BCUT2D eigenvalue weighted by Crippen LogP contribution is 2.25. The Morgan fingerprint density at radius 1 is 1.05 bits per heavy atom. The summed E-state index contributed by atoms with van der Waals surface area (Å²) >= 11 is 0. The summed E-state index contributed by atoms with van der Waals surface area (Å²) in [6.45, 7) is 5.93. The van der Waals surface area contributed by atoms with Gasteiger partial charge in [0.1, 0.15) is 5.75 Å². The zero-order chi connectivity index (χ0) is 16.1. The maximum atomic E-state index is 12.3. The molecule has 2 aromatic carbocycles. The van der Waals surface area contributed by atoms with Crippen molar-refractivity contribution in [3.05, 3.63) is 70.9 Å². The number of hydrogen-bond donors (Lipinski definition) is 1. The highest BCUT2D eigenvalue weighted by molar-refractivity contribution is 6.05. The van der Waals surface area contributed by atoms with Crippen molar-refractivity contribution in [2.75, 3.05) is 12.4 Å². The molecule has 0 unspecified atom stereocenters. The van der Waals surface area contributed by atoms with Gasteiger partial charge in [-0.25, -0.2) is 0 Å². The van der Waals surface area contributed by atoms with Crippen LogP contribution in [0.1, 0.15) is 27.0 Å². The van der Waals surface area contributed by atoms with Gasteiger partial charge in [0.05, 0.1) is 12.8 Å². The number of rotatable bonds is 5. The number of anilines is 1. The third-order valence-electron chi connectivity index (χ3n) is 3.49. The van der Waals surface area contributed by atoms with E-state index in [1.54, 1.807) is 19.4 Å². The van der Waals surface area contributed by atoms with Gasteiger partial charge in [-0.15, -0.1) is 0 Å². The molecule has 0 fully saturated rings. The van der Waals surface area contributed by atoms with Gasteiger partial charge in [-0.05, 0) is 50.1 Å². The smallest absolute Gasteiger partial charge is 0.187 e. The minimum Gasteiger partial charge on any atom is -0.495 e. The summed E-state index contributed by atoms with van der Waals surface area (Å²) in [5, 5.41) is 3.11. The van der Waals surface area contributed by atoms with E-state index in [9.17, 15) is 4.79 Å². The van der Waals surface area contributed by atoms with Crippen molar-refractivity contribution in [1.29, 1.82) is 0 Å². The molecule has 0 heterocycles. The van der Waals surface area contributed by atoms with Crippen LogP contribution in [0.25, 0.3) is 0 Å². The number of ether oxygens (including phenoxy) is 1. The monoisotopic (exact) mass is 295 g/mol. The number of carbonyl (C=O) groups excluding carboxylic acids is 1. The predicted octanol–water partition coefficient (Wildman–Crippen LogP) is 4.43. The summed E-state index contributed by atoms with van der Waals surface area (Å²) in [5.74, 6) is 0.731. The van der Waals surface area contributed by atoms with E-state index in [1.165, 1.54) is 0 Å². The molecular formula is C19H21NO2. The zero-order valence-corrected chi connectivity index (χ0v) is 13.4. The van der Waals surface area contributed by atoms with Gasteiger partial charge in [0.2, 0.25) is 0 Å². The van der Waals surface area contributed by atoms with E-state index in [0.29, 0.717) is 0 Å². The maximum Gasteiger partial charge on any atom is 0.187 e. The average molecular weight is 295 g/mol. The summed E-state index contributed by atoms with van der Waals surface area (Å²) in [7, 11) is 1.63. The first-order valence-corrected chi connectivity index (χ1v) is 7.20. The second kappa shape index (κ2) is 6.94. The van der Waals surface area contributed by atoms with Crippen molar-refractivity contribution in [2.45, 2.75) is 20.8 Å². The zero-order valence-electron chi connectivity index (χ0n) is 13.4. The Hall–Kier alpha value is -2.55. The molecule has 22 heavy (non-hydrogen) atoms. The van der Waals surface area contributed by atoms with E-state index in [2.05, 4.69) is 5.32 Å². The van der Waals surface area contributed by atoms with Crippen LogP contribution in [-0.4, -0.2) is 12.9 Å². The average Bonchev–Trinajstić information content (AvgIpc) is 2.50. The molecule has 0 bridgehead atoms. The predicted molar refractivity (Wildman–Crippen MR) is 90.7 cm³/mol. The number of allylic oxidation sites excluding steroid dienone is 1. The minimum atomic E-state index is -0.0136. The quantitative estimate of drug-likeness (QED) is 0.655. The van der Waals surface area contributed by atoms with Gasteiger partial charge in [0, 0.05) is 17.8 Å². The van der Waals surface area contributed by atoms with Crippen LogP contribution in [0.5, 0.6) is 5.75 Å². The lowest BCUT2D eigenvalue weighted by atomic mass is 10.0. The Morgan fingerprint density at radius 3 is 2.45 bits per heavy atom. The van der Waals surface area contributed by atoms with E-state index in [1.807, 2.05) is 57.2 Å². The molecule has 3 nitrogen and oxygen atoms in total. The summed E-state index contributed by atoms with van der Waals surface area (Å²) < 4.78 is 5.30. The Kier molecular flexibility index (Phi) is 4.99. The number of aryl methyl sites for hydroxylation is 3. The number of benzene rings is 2. The van der Waals surface area contributed by atoms with Crippen LogP contribution in [0.15, 0.2) is 48.7 Å². The van der Waals surface area contributed by atoms with Crippen LogP contribution in [0.3, 0.4) is 0 Å². The molecule has 0 aliphatic rings. The minimum absolute atomic E-state index is 0.0136. The van der Waals surface area contributed by atoms with Gasteiger partial charge in [0.25, 0.3) is 0 Å². The van der Waals surface area contributed by atoms with E-state index >= 15 is 0 Å². The van der Waals surface area contributed by atoms with E-state index < -0.39 is 0 Å². The Balaban J connectivity index is 2.14. The van der Waals surface area contributed by atoms with Crippen LogP contribution in [0.2, 0.25) is 0 Å². The molecule has 0 aromatic heterocycles. The molecular weight excluding hydrogens is 274 g/mol. The Labute approximate surface area is 131 Å².